The molecule has 0 bridgehead atoms. The van der Waals surface area contributed by atoms with Crippen LogP contribution in [0.15, 0.2) is 47.5 Å². The number of rotatable bonds is 3. The highest BCUT2D eigenvalue weighted by Crippen LogP contribution is 2.32. The Morgan fingerprint density at radius 1 is 1.19 bits per heavy atom. The maximum absolute atomic E-state index is 12.3. The standard InChI is InChI=1S/C14H11ClN2O3S/c15-14-6-5-9(8-16-14)21(19,20)17-12-7-13(18)11-4-2-1-3-10(11)12/h1-6,8,12,17H,7H2/t12-/m0/s1. The van der Waals surface area contributed by atoms with Crippen molar-refractivity contribution in [3.63, 3.8) is 0 Å². The molecule has 21 heavy (non-hydrogen) atoms. The van der Waals surface area contributed by atoms with Crippen molar-refractivity contribution < 1.29 is 13.2 Å². The number of hydrogen-bond acceptors (Lipinski definition) is 4. The molecule has 0 fully saturated rings. The van der Waals surface area contributed by atoms with E-state index in [1.54, 1.807) is 24.3 Å². The first-order valence-corrected chi connectivity index (χ1v) is 8.09. The summed E-state index contributed by atoms with van der Waals surface area (Å²) in [6.07, 6.45) is 1.31. The molecule has 1 atom stereocenters. The predicted molar refractivity (Wildman–Crippen MR) is 77.7 cm³/mol. The van der Waals surface area contributed by atoms with Gasteiger partial charge in [-0.15, -0.1) is 0 Å². The Bertz CT molecular complexity index is 803. The summed E-state index contributed by atoms with van der Waals surface area (Å²) in [5.74, 6) is -0.0625. The molecule has 0 spiro atoms. The van der Waals surface area contributed by atoms with Crippen LogP contribution in [0.3, 0.4) is 0 Å². The van der Waals surface area contributed by atoms with Crippen LogP contribution in [0.1, 0.15) is 28.4 Å². The van der Waals surface area contributed by atoms with Crippen molar-refractivity contribution in [2.75, 3.05) is 0 Å². The SMILES string of the molecule is O=C1C[C@H](NS(=O)(=O)c2ccc(Cl)nc2)c2ccccc21. The van der Waals surface area contributed by atoms with Gasteiger partial charge in [0.1, 0.15) is 10.0 Å². The molecule has 1 aromatic carbocycles. The Hall–Kier alpha value is -1.76. The number of aromatic nitrogens is 1. The molecular weight excluding hydrogens is 312 g/mol. The highest BCUT2D eigenvalue weighted by atomic mass is 35.5. The monoisotopic (exact) mass is 322 g/mol. The molecule has 0 aliphatic heterocycles. The Morgan fingerprint density at radius 2 is 1.95 bits per heavy atom. The number of benzene rings is 1. The van der Waals surface area contributed by atoms with Gasteiger partial charge in [-0.05, 0) is 17.7 Å². The summed E-state index contributed by atoms with van der Waals surface area (Å²) in [4.78, 5) is 15.7. The van der Waals surface area contributed by atoms with Crippen LogP contribution in [0.2, 0.25) is 5.15 Å². The average molecular weight is 323 g/mol. The number of nitrogens with one attached hydrogen (secondary N) is 1. The van der Waals surface area contributed by atoms with Crippen LogP contribution < -0.4 is 4.72 Å². The number of carbonyl (C=O) groups excluding carboxylic acids is 1. The molecule has 0 amide bonds. The second-order valence-corrected chi connectivity index (χ2v) is 6.81. The number of sulfonamides is 1. The lowest BCUT2D eigenvalue weighted by atomic mass is 10.1. The Morgan fingerprint density at radius 3 is 2.67 bits per heavy atom. The fraction of sp³-hybridized carbons (Fsp3) is 0.143. The van der Waals surface area contributed by atoms with Gasteiger partial charge in [0.05, 0.1) is 6.04 Å². The molecule has 1 N–H and O–H groups in total. The molecule has 0 saturated heterocycles. The van der Waals surface area contributed by atoms with Gasteiger partial charge in [0, 0.05) is 18.2 Å². The van der Waals surface area contributed by atoms with Gasteiger partial charge >= 0.3 is 0 Å². The maximum Gasteiger partial charge on any atom is 0.242 e. The number of Topliss-reactive ketones (excluding diaryl/α,β-unsaturated/α-hetero) is 1. The van der Waals surface area contributed by atoms with Crippen LogP contribution >= 0.6 is 11.6 Å². The van der Waals surface area contributed by atoms with E-state index in [-0.39, 0.29) is 22.3 Å². The summed E-state index contributed by atoms with van der Waals surface area (Å²) in [5.41, 5.74) is 1.27. The highest BCUT2D eigenvalue weighted by Gasteiger charge is 2.32. The normalized spacial score (nSPS) is 17.8. The number of fused-ring (bicyclic) bond motifs is 1. The first-order valence-electron chi connectivity index (χ1n) is 6.23. The van der Waals surface area contributed by atoms with Gasteiger partial charge in [-0.2, -0.15) is 0 Å². The number of carbonyl (C=O) groups is 1. The molecule has 1 heterocycles. The minimum atomic E-state index is -3.75. The lowest BCUT2D eigenvalue weighted by Gasteiger charge is -2.13. The van der Waals surface area contributed by atoms with Crippen molar-refractivity contribution in [1.29, 1.82) is 0 Å². The third kappa shape index (κ3) is 2.70. The number of pyridine rings is 1. The van der Waals surface area contributed by atoms with Crippen LogP contribution in [-0.2, 0) is 10.0 Å². The molecule has 5 nitrogen and oxygen atoms in total. The fourth-order valence-corrected chi connectivity index (χ4v) is 3.61. The molecule has 1 aromatic heterocycles. The van der Waals surface area contributed by atoms with Gasteiger partial charge in [0.15, 0.2) is 5.78 Å². The van der Waals surface area contributed by atoms with Crippen LogP contribution in [-0.4, -0.2) is 19.2 Å². The largest absolute Gasteiger partial charge is 0.294 e. The smallest absolute Gasteiger partial charge is 0.242 e. The van der Waals surface area contributed by atoms with Crippen LogP contribution in [0, 0.1) is 0 Å². The molecule has 3 rings (SSSR count). The van der Waals surface area contributed by atoms with E-state index >= 15 is 0 Å². The van der Waals surface area contributed by atoms with Gasteiger partial charge in [-0.25, -0.2) is 18.1 Å². The summed E-state index contributed by atoms with van der Waals surface area (Å²) in [5, 5.41) is 0.218. The number of nitrogens with zero attached hydrogens (tertiary/aromatic N) is 1. The van der Waals surface area contributed by atoms with E-state index < -0.39 is 16.1 Å². The summed E-state index contributed by atoms with van der Waals surface area (Å²) in [6, 6.07) is 9.24. The molecule has 0 saturated carbocycles. The van der Waals surface area contributed by atoms with Crippen molar-refractivity contribution in [2.45, 2.75) is 17.4 Å². The topological polar surface area (TPSA) is 76.1 Å². The second kappa shape index (κ2) is 5.22. The van der Waals surface area contributed by atoms with E-state index in [9.17, 15) is 13.2 Å². The minimum Gasteiger partial charge on any atom is -0.294 e. The van der Waals surface area contributed by atoms with Crippen LogP contribution in [0.5, 0.6) is 0 Å². The van der Waals surface area contributed by atoms with E-state index in [1.165, 1.54) is 18.3 Å². The van der Waals surface area contributed by atoms with Crippen LogP contribution in [0.4, 0.5) is 0 Å². The molecule has 0 radical (unpaired) electrons. The zero-order valence-electron chi connectivity index (χ0n) is 10.8. The Balaban J connectivity index is 1.91. The van der Waals surface area contributed by atoms with Crippen molar-refractivity contribution in [2.24, 2.45) is 0 Å². The van der Waals surface area contributed by atoms with Gasteiger partial charge in [-0.3, -0.25) is 4.79 Å². The van der Waals surface area contributed by atoms with Crippen molar-refractivity contribution >= 4 is 27.4 Å². The highest BCUT2D eigenvalue weighted by molar-refractivity contribution is 7.89. The van der Waals surface area contributed by atoms with Gasteiger partial charge in [-0.1, -0.05) is 35.9 Å². The zero-order chi connectivity index (χ0) is 15.0. The van der Waals surface area contributed by atoms with Crippen molar-refractivity contribution in [3.8, 4) is 0 Å². The maximum atomic E-state index is 12.3. The van der Waals surface area contributed by atoms with Crippen molar-refractivity contribution in [3.05, 3.63) is 58.9 Å². The molecule has 108 valence electrons. The van der Waals surface area contributed by atoms with Crippen LogP contribution in [0.25, 0.3) is 0 Å². The predicted octanol–water partition coefficient (Wildman–Crippen LogP) is 2.34. The van der Waals surface area contributed by atoms with E-state index in [4.69, 9.17) is 11.6 Å². The third-order valence-corrected chi connectivity index (χ3v) is 5.01. The molecule has 0 unspecified atom stereocenters. The van der Waals surface area contributed by atoms with Crippen molar-refractivity contribution in [1.82, 2.24) is 9.71 Å². The lowest BCUT2D eigenvalue weighted by Crippen LogP contribution is -2.27. The van der Waals surface area contributed by atoms with Gasteiger partial charge < -0.3 is 0 Å². The first-order chi connectivity index (χ1) is 9.97. The fourth-order valence-electron chi connectivity index (χ4n) is 2.34. The molecule has 7 heteroatoms. The van der Waals surface area contributed by atoms with E-state index in [1.807, 2.05) is 0 Å². The summed E-state index contributed by atoms with van der Waals surface area (Å²) >= 11 is 5.65. The number of halogens is 1. The summed E-state index contributed by atoms with van der Waals surface area (Å²) < 4.78 is 27.2. The van der Waals surface area contributed by atoms with E-state index in [0.717, 1.165) is 0 Å². The second-order valence-electron chi connectivity index (χ2n) is 4.71. The third-order valence-electron chi connectivity index (χ3n) is 3.33. The van der Waals surface area contributed by atoms with Gasteiger partial charge in [0.2, 0.25) is 10.0 Å². The van der Waals surface area contributed by atoms with Gasteiger partial charge in [0.25, 0.3) is 0 Å². The number of hydrogen-bond donors (Lipinski definition) is 1. The lowest BCUT2D eigenvalue weighted by molar-refractivity contribution is 0.0988. The van der Waals surface area contributed by atoms with E-state index in [2.05, 4.69) is 9.71 Å². The average Bonchev–Trinajstić information content (AvgIpc) is 2.76. The molecule has 1 aliphatic carbocycles. The Kier molecular flexibility index (Phi) is 3.52. The quantitative estimate of drug-likeness (QED) is 0.880. The summed E-state index contributed by atoms with van der Waals surface area (Å²) in [7, 11) is -3.75. The minimum absolute atomic E-state index is 0.0173. The molecule has 2 aromatic rings. The van der Waals surface area contributed by atoms with E-state index in [0.29, 0.717) is 11.1 Å². The summed E-state index contributed by atoms with van der Waals surface area (Å²) in [6.45, 7) is 0. The molecule has 1 aliphatic rings. The number of ketones is 1. The Labute approximate surface area is 127 Å². The molecular formula is C14H11ClN2O3S. The first kappa shape index (κ1) is 14.2. The zero-order valence-corrected chi connectivity index (χ0v) is 12.4.